The third-order valence-electron chi connectivity index (χ3n) is 6.55. The lowest BCUT2D eigenvalue weighted by Crippen LogP contribution is -2.45. The molecule has 0 aliphatic carbocycles. The van der Waals surface area contributed by atoms with Crippen LogP contribution in [0.2, 0.25) is 0 Å². The first-order valence-electron chi connectivity index (χ1n) is 11.3. The molecule has 1 unspecified atom stereocenters. The largest absolute Gasteiger partial charge is 0.380 e. The number of rotatable bonds is 4. The maximum absolute atomic E-state index is 13.3. The molecule has 2 N–H and O–H groups in total. The molecular weight excluding hydrogens is 484 g/mol. The van der Waals surface area contributed by atoms with Gasteiger partial charge in [-0.2, -0.15) is 0 Å². The molecule has 0 bridgehead atoms. The molecule has 1 saturated heterocycles. The number of nitrogens with zero attached hydrogens (tertiary/aromatic N) is 2. The van der Waals surface area contributed by atoms with Crippen molar-refractivity contribution in [3.63, 3.8) is 0 Å². The maximum atomic E-state index is 13.3. The Hall–Kier alpha value is -2.42. The van der Waals surface area contributed by atoms with Crippen molar-refractivity contribution in [2.45, 2.75) is 37.8 Å². The Bertz CT molecular complexity index is 1010. The summed E-state index contributed by atoms with van der Waals surface area (Å²) in [6.45, 7) is 4.61. The lowest BCUT2D eigenvalue weighted by atomic mass is 9.94. The van der Waals surface area contributed by atoms with Crippen LogP contribution in [0.5, 0.6) is 0 Å². The van der Waals surface area contributed by atoms with Crippen molar-refractivity contribution in [1.82, 2.24) is 9.80 Å². The molecule has 1 fully saturated rings. The van der Waals surface area contributed by atoms with Crippen LogP contribution in [-0.2, 0) is 16.0 Å². The fraction of sp³-hybridized carbons (Fsp3) is 0.440. The molecule has 3 atom stereocenters. The van der Waals surface area contributed by atoms with Gasteiger partial charge in [-0.3, -0.25) is 4.79 Å². The Labute approximate surface area is 203 Å². The van der Waals surface area contributed by atoms with Crippen molar-refractivity contribution in [2.75, 3.05) is 44.4 Å². The molecule has 0 radical (unpaired) electrons. The number of benzene rings is 2. The van der Waals surface area contributed by atoms with Gasteiger partial charge < -0.3 is 25.2 Å². The number of carbonyl (C=O) groups is 2. The summed E-state index contributed by atoms with van der Waals surface area (Å²) in [5, 5.41) is 5.94. The molecule has 2 aliphatic heterocycles. The minimum absolute atomic E-state index is 0.181. The molecular formula is C25H31BrN4O3. The number of nitrogens with one attached hydrogen (secondary N) is 2. The van der Waals surface area contributed by atoms with Gasteiger partial charge in [-0.15, -0.1) is 0 Å². The van der Waals surface area contributed by atoms with E-state index in [4.69, 9.17) is 4.74 Å². The van der Waals surface area contributed by atoms with Gasteiger partial charge in [0.1, 0.15) is 6.04 Å². The number of likely N-dealkylation sites (N-methyl/N-ethyl adjacent to an activating group) is 1. The lowest BCUT2D eigenvalue weighted by Gasteiger charge is -2.24. The zero-order valence-corrected chi connectivity index (χ0v) is 20.9. The van der Waals surface area contributed by atoms with Gasteiger partial charge in [-0.25, -0.2) is 4.79 Å². The van der Waals surface area contributed by atoms with Crippen LogP contribution in [0.25, 0.3) is 0 Å². The Kier molecular flexibility index (Phi) is 7.36. The summed E-state index contributed by atoms with van der Waals surface area (Å²) in [5.74, 6) is 0.195. The predicted octanol–water partition coefficient (Wildman–Crippen LogP) is 4.30. The first-order chi connectivity index (χ1) is 15.8. The molecule has 8 heteroatoms. The standard InChI is InChI=1S/C25H31BrN4O3/c1-16-14-29(2)11-10-17-4-7-20(12-22(16)17)27-24(31)23-13-21(33-3)15-30(23)25(32)28-19-8-5-18(26)6-9-19/h4-9,12,16,21,23H,10-11,13-15H2,1-3H3,(H,27,31)(H,28,32)/t16?,21-,23-/m1/s1. The van der Waals surface area contributed by atoms with E-state index in [9.17, 15) is 9.59 Å². The fourth-order valence-corrected chi connectivity index (χ4v) is 4.99. The minimum atomic E-state index is -0.604. The molecule has 7 nitrogen and oxygen atoms in total. The van der Waals surface area contributed by atoms with Crippen LogP contribution in [0.15, 0.2) is 46.9 Å². The average molecular weight is 515 g/mol. The van der Waals surface area contributed by atoms with Crippen molar-refractivity contribution >= 4 is 39.2 Å². The van der Waals surface area contributed by atoms with Gasteiger partial charge in [-0.05, 0) is 66.9 Å². The molecule has 4 rings (SSSR count). The second-order valence-corrected chi connectivity index (χ2v) is 9.93. The number of ether oxygens (including phenoxy) is 1. The van der Waals surface area contributed by atoms with E-state index in [0.29, 0.717) is 24.6 Å². The van der Waals surface area contributed by atoms with E-state index in [2.05, 4.69) is 57.6 Å². The van der Waals surface area contributed by atoms with Crippen molar-refractivity contribution in [3.8, 4) is 0 Å². The van der Waals surface area contributed by atoms with Gasteiger partial charge in [-0.1, -0.05) is 28.9 Å². The van der Waals surface area contributed by atoms with E-state index >= 15 is 0 Å². The van der Waals surface area contributed by atoms with E-state index in [0.717, 1.165) is 29.7 Å². The molecule has 2 aliphatic rings. The van der Waals surface area contributed by atoms with Gasteiger partial charge in [0.2, 0.25) is 5.91 Å². The molecule has 0 spiro atoms. The summed E-state index contributed by atoms with van der Waals surface area (Å²) in [5.41, 5.74) is 4.06. The summed E-state index contributed by atoms with van der Waals surface area (Å²) in [4.78, 5) is 30.2. The highest BCUT2D eigenvalue weighted by Gasteiger charge is 2.40. The molecule has 0 saturated carbocycles. The predicted molar refractivity (Wildman–Crippen MR) is 134 cm³/mol. The maximum Gasteiger partial charge on any atom is 0.322 e. The van der Waals surface area contributed by atoms with Gasteiger partial charge in [0.25, 0.3) is 0 Å². The number of hydrogen-bond acceptors (Lipinski definition) is 4. The lowest BCUT2D eigenvalue weighted by molar-refractivity contribution is -0.119. The van der Waals surface area contributed by atoms with Crippen molar-refractivity contribution in [1.29, 1.82) is 0 Å². The molecule has 2 heterocycles. The van der Waals surface area contributed by atoms with E-state index in [1.54, 1.807) is 12.0 Å². The van der Waals surface area contributed by atoms with Crippen molar-refractivity contribution < 1.29 is 14.3 Å². The molecule has 176 valence electrons. The Morgan fingerprint density at radius 2 is 1.79 bits per heavy atom. The van der Waals surface area contributed by atoms with E-state index in [1.165, 1.54) is 11.1 Å². The third-order valence-corrected chi connectivity index (χ3v) is 7.08. The van der Waals surface area contributed by atoms with E-state index < -0.39 is 6.04 Å². The summed E-state index contributed by atoms with van der Waals surface area (Å²) in [7, 11) is 3.76. The molecule has 2 aromatic carbocycles. The quantitative estimate of drug-likeness (QED) is 0.637. The number of amides is 3. The van der Waals surface area contributed by atoms with Crippen LogP contribution in [-0.4, -0.2) is 67.7 Å². The van der Waals surface area contributed by atoms with Gasteiger partial charge in [0, 0.05) is 49.0 Å². The fourth-order valence-electron chi connectivity index (χ4n) is 4.72. The molecule has 33 heavy (non-hydrogen) atoms. The van der Waals surface area contributed by atoms with Crippen LogP contribution < -0.4 is 10.6 Å². The van der Waals surface area contributed by atoms with Crippen LogP contribution >= 0.6 is 15.9 Å². The van der Waals surface area contributed by atoms with Crippen LogP contribution in [0, 0.1) is 0 Å². The third kappa shape index (κ3) is 5.57. The van der Waals surface area contributed by atoms with Crippen molar-refractivity contribution in [3.05, 3.63) is 58.1 Å². The topological polar surface area (TPSA) is 73.9 Å². The van der Waals surface area contributed by atoms with Gasteiger partial charge in [0.05, 0.1) is 6.10 Å². The molecule has 2 aromatic rings. The normalized spacial score (nSPS) is 23.0. The smallest absolute Gasteiger partial charge is 0.322 e. The summed E-state index contributed by atoms with van der Waals surface area (Å²) in [6, 6.07) is 12.6. The van der Waals surface area contributed by atoms with E-state index in [-0.39, 0.29) is 18.0 Å². The zero-order chi connectivity index (χ0) is 23.5. The number of methoxy groups -OCH3 is 1. The van der Waals surface area contributed by atoms with Crippen LogP contribution in [0.1, 0.15) is 30.4 Å². The molecule has 0 aromatic heterocycles. The number of hydrogen-bond donors (Lipinski definition) is 2. The average Bonchev–Trinajstić information content (AvgIpc) is 3.19. The monoisotopic (exact) mass is 514 g/mol. The summed E-state index contributed by atoms with van der Waals surface area (Å²) < 4.78 is 6.42. The highest BCUT2D eigenvalue weighted by Crippen LogP contribution is 2.29. The highest BCUT2D eigenvalue weighted by atomic mass is 79.9. The summed E-state index contributed by atoms with van der Waals surface area (Å²) >= 11 is 3.39. The van der Waals surface area contributed by atoms with Gasteiger partial charge >= 0.3 is 6.03 Å². The minimum Gasteiger partial charge on any atom is -0.380 e. The second-order valence-electron chi connectivity index (χ2n) is 9.01. The first kappa shape index (κ1) is 23.7. The Morgan fingerprint density at radius 3 is 2.52 bits per heavy atom. The SMILES string of the molecule is CO[C@@H]1C[C@H](C(=O)Nc2ccc3c(c2)C(C)CN(C)CC3)N(C(=O)Nc2ccc(Br)cc2)C1. The van der Waals surface area contributed by atoms with Crippen LogP contribution in [0.4, 0.5) is 16.2 Å². The van der Waals surface area contributed by atoms with Crippen LogP contribution in [0.3, 0.4) is 0 Å². The summed E-state index contributed by atoms with van der Waals surface area (Å²) in [6.07, 6.45) is 1.29. The van der Waals surface area contributed by atoms with E-state index in [1.807, 2.05) is 30.3 Å². The first-order valence-corrected chi connectivity index (χ1v) is 12.1. The van der Waals surface area contributed by atoms with Crippen molar-refractivity contribution in [2.24, 2.45) is 0 Å². The number of anilines is 2. The number of urea groups is 1. The number of carbonyl (C=O) groups excluding carboxylic acids is 2. The second kappa shape index (κ2) is 10.2. The number of likely N-dealkylation sites (tertiary alicyclic amines) is 1. The number of halogens is 1. The zero-order valence-electron chi connectivity index (χ0n) is 19.3. The molecule has 3 amide bonds. The Morgan fingerprint density at radius 1 is 1.06 bits per heavy atom. The number of fused-ring (bicyclic) bond motifs is 1. The van der Waals surface area contributed by atoms with Gasteiger partial charge in [0.15, 0.2) is 0 Å². The Balaban J connectivity index is 1.48. The highest BCUT2D eigenvalue weighted by molar-refractivity contribution is 9.10.